The summed E-state index contributed by atoms with van der Waals surface area (Å²) in [6.45, 7) is 6.32. The minimum absolute atomic E-state index is 0.0956. The average Bonchev–Trinajstić information content (AvgIpc) is 2.30. The SMILES string of the molecule is CCN/C=C(/C#N)C(=O)NCCCOCC. The second kappa shape index (κ2) is 9.99. The van der Waals surface area contributed by atoms with Crippen molar-refractivity contribution < 1.29 is 9.53 Å². The van der Waals surface area contributed by atoms with E-state index in [1.54, 1.807) is 0 Å². The fraction of sp³-hybridized carbons (Fsp3) is 0.636. The maximum atomic E-state index is 11.4. The molecule has 0 aliphatic rings. The van der Waals surface area contributed by atoms with Gasteiger partial charge in [-0.15, -0.1) is 0 Å². The van der Waals surface area contributed by atoms with Crippen molar-refractivity contribution in [1.82, 2.24) is 10.6 Å². The molecule has 0 aliphatic carbocycles. The zero-order valence-corrected chi connectivity index (χ0v) is 9.88. The van der Waals surface area contributed by atoms with Crippen LogP contribution in [0.15, 0.2) is 11.8 Å². The first-order chi connectivity index (χ1) is 7.76. The Balaban J connectivity index is 3.81. The van der Waals surface area contributed by atoms with Crippen LogP contribution in [0.5, 0.6) is 0 Å². The van der Waals surface area contributed by atoms with Crippen molar-refractivity contribution in [2.45, 2.75) is 20.3 Å². The molecule has 0 rings (SSSR count). The van der Waals surface area contributed by atoms with Crippen LogP contribution in [0.4, 0.5) is 0 Å². The Morgan fingerprint density at radius 1 is 1.50 bits per heavy atom. The number of nitriles is 1. The lowest BCUT2D eigenvalue weighted by Gasteiger charge is -2.04. The number of carbonyl (C=O) groups excluding carboxylic acids is 1. The van der Waals surface area contributed by atoms with E-state index in [1.807, 2.05) is 19.9 Å². The summed E-state index contributed by atoms with van der Waals surface area (Å²) < 4.78 is 5.12. The van der Waals surface area contributed by atoms with E-state index >= 15 is 0 Å². The van der Waals surface area contributed by atoms with Crippen LogP contribution in [0.25, 0.3) is 0 Å². The number of ether oxygens (including phenoxy) is 1. The Morgan fingerprint density at radius 3 is 2.81 bits per heavy atom. The first-order valence-electron chi connectivity index (χ1n) is 5.45. The van der Waals surface area contributed by atoms with Crippen LogP contribution >= 0.6 is 0 Å². The molecule has 0 aromatic rings. The van der Waals surface area contributed by atoms with Crippen LogP contribution in [0.3, 0.4) is 0 Å². The highest BCUT2D eigenvalue weighted by Crippen LogP contribution is 1.90. The second-order valence-electron chi connectivity index (χ2n) is 3.03. The van der Waals surface area contributed by atoms with Crippen molar-refractivity contribution in [3.05, 3.63) is 11.8 Å². The molecule has 0 aromatic carbocycles. The van der Waals surface area contributed by atoms with Crippen molar-refractivity contribution in [3.8, 4) is 6.07 Å². The molecule has 90 valence electrons. The molecule has 0 unspecified atom stereocenters. The number of carbonyl (C=O) groups is 1. The predicted octanol–water partition coefficient (Wildman–Crippen LogP) is 0.546. The van der Waals surface area contributed by atoms with Gasteiger partial charge in [0.1, 0.15) is 11.6 Å². The van der Waals surface area contributed by atoms with Crippen molar-refractivity contribution >= 4 is 5.91 Å². The molecule has 0 aliphatic heterocycles. The lowest BCUT2D eigenvalue weighted by molar-refractivity contribution is -0.117. The van der Waals surface area contributed by atoms with E-state index < -0.39 is 0 Å². The average molecular weight is 225 g/mol. The highest BCUT2D eigenvalue weighted by Gasteiger charge is 2.06. The highest BCUT2D eigenvalue weighted by molar-refractivity contribution is 5.97. The molecule has 16 heavy (non-hydrogen) atoms. The van der Waals surface area contributed by atoms with Gasteiger partial charge >= 0.3 is 0 Å². The van der Waals surface area contributed by atoms with Gasteiger partial charge in [0.05, 0.1) is 0 Å². The predicted molar refractivity (Wildman–Crippen MR) is 61.5 cm³/mol. The van der Waals surface area contributed by atoms with Crippen LogP contribution in [0.1, 0.15) is 20.3 Å². The molecule has 0 bridgehead atoms. The molecule has 0 saturated heterocycles. The molecule has 0 saturated carbocycles. The van der Waals surface area contributed by atoms with Gasteiger partial charge in [0.15, 0.2) is 0 Å². The fourth-order valence-corrected chi connectivity index (χ4v) is 0.968. The molecule has 0 radical (unpaired) electrons. The maximum Gasteiger partial charge on any atom is 0.263 e. The van der Waals surface area contributed by atoms with Crippen LogP contribution in [0, 0.1) is 11.3 Å². The minimum atomic E-state index is -0.347. The van der Waals surface area contributed by atoms with Crippen LogP contribution in [-0.4, -0.2) is 32.2 Å². The van der Waals surface area contributed by atoms with E-state index in [0.29, 0.717) is 26.3 Å². The first-order valence-corrected chi connectivity index (χ1v) is 5.45. The van der Waals surface area contributed by atoms with E-state index in [-0.39, 0.29) is 11.5 Å². The molecular formula is C11H19N3O2. The van der Waals surface area contributed by atoms with Gasteiger partial charge in [0.25, 0.3) is 5.91 Å². The van der Waals surface area contributed by atoms with Crippen molar-refractivity contribution in [3.63, 3.8) is 0 Å². The van der Waals surface area contributed by atoms with Gasteiger partial charge in [0.2, 0.25) is 0 Å². The highest BCUT2D eigenvalue weighted by atomic mass is 16.5. The van der Waals surface area contributed by atoms with E-state index in [9.17, 15) is 4.79 Å². The standard InChI is InChI=1S/C11H19N3O2/c1-3-13-9-10(8-12)11(15)14-6-5-7-16-4-2/h9,13H,3-7H2,1-2H3,(H,14,15)/b10-9-. The molecule has 0 aromatic heterocycles. The quantitative estimate of drug-likeness (QED) is 0.359. The maximum absolute atomic E-state index is 11.4. The minimum Gasteiger partial charge on any atom is -0.390 e. The van der Waals surface area contributed by atoms with Gasteiger partial charge in [-0.3, -0.25) is 4.79 Å². The lowest BCUT2D eigenvalue weighted by atomic mass is 10.3. The molecule has 1 amide bonds. The molecule has 5 nitrogen and oxygen atoms in total. The third-order valence-electron chi connectivity index (χ3n) is 1.77. The number of hydrogen-bond donors (Lipinski definition) is 2. The Hall–Kier alpha value is -1.54. The summed E-state index contributed by atoms with van der Waals surface area (Å²) in [7, 11) is 0. The Morgan fingerprint density at radius 2 is 2.25 bits per heavy atom. The Bertz CT molecular complexity index is 269. The normalized spacial score (nSPS) is 10.7. The number of hydrogen-bond acceptors (Lipinski definition) is 4. The van der Waals surface area contributed by atoms with Gasteiger partial charge in [-0.2, -0.15) is 5.26 Å². The lowest BCUT2D eigenvalue weighted by Crippen LogP contribution is -2.27. The first kappa shape index (κ1) is 14.5. The van der Waals surface area contributed by atoms with Crippen molar-refractivity contribution in [1.29, 1.82) is 5.26 Å². The third kappa shape index (κ3) is 6.85. The van der Waals surface area contributed by atoms with Gasteiger partial charge in [-0.1, -0.05) is 0 Å². The van der Waals surface area contributed by atoms with Crippen molar-refractivity contribution in [2.24, 2.45) is 0 Å². The molecule has 0 atom stereocenters. The second-order valence-corrected chi connectivity index (χ2v) is 3.03. The molecule has 0 heterocycles. The van der Waals surface area contributed by atoms with Crippen molar-refractivity contribution in [2.75, 3.05) is 26.3 Å². The summed E-state index contributed by atoms with van der Waals surface area (Å²) in [6.07, 6.45) is 2.18. The smallest absolute Gasteiger partial charge is 0.263 e. The summed E-state index contributed by atoms with van der Waals surface area (Å²) in [6, 6.07) is 1.84. The van der Waals surface area contributed by atoms with E-state index in [2.05, 4.69) is 10.6 Å². The Labute approximate surface area is 96.5 Å². The van der Waals surface area contributed by atoms with E-state index in [1.165, 1.54) is 6.20 Å². The number of nitrogens with zero attached hydrogens (tertiary/aromatic N) is 1. The van der Waals surface area contributed by atoms with E-state index in [0.717, 1.165) is 6.42 Å². The van der Waals surface area contributed by atoms with E-state index in [4.69, 9.17) is 10.00 Å². The summed E-state index contributed by atoms with van der Waals surface area (Å²) >= 11 is 0. The monoisotopic (exact) mass is 225 g/mol. The third-order valence-corrected chi connectivity index (χ3v) is 1.77. The molecule has 0 spiro atoms. The van der Waals surface area contributed by atoms with Gasteiger partial charge in [0, 0.05) is 32.5 Å². The summed E-state index contributed by atoms with van der Waals surface area (Å²) in [5, 5.41) is 14.2. The van der Waals surface area contributed by atoms with Crippen LogP contribution in [-0.2, 0) is 9.53 Å². The van der Waals surface area contributed by atoms with Crippen LogP contribution < -0.4 is 10.6 Å². The largest absolute Gasteiger partial charge is 0.390 e. The fourth-order valence-electron chi connectivity index (χ4n) is 0.968. The van der Waals surface area contributed by atoms with Gasteiger partial charge in [-0.25, -0.2) is 0 Å². The summed E-state index contributed by atoms with van der Waals surface area (Å²) in [4.78, 5) is 11.4. The summed E-state index contributed by atoms with van der Waals surface area (Å²) in [5.74, 6) is -0.347. The Kier molecular flexibility index (Phi) is 9.03. The number of rotatable bonds is 8. The number of amides is 1. The molecular weight excluding hydrogens is 206 g/mol. The zero-order valence-electron chi connectivity index (χ0n) is 9.88. The molecule has 0 fully saturated rings. The molecule has 5 heteroatoms. The van der Waals surface area contributed by atoms with Crippen LogP contribution in [0.2, 0.25) is 0 Å². The molecule has 2 N–H and O–H groups in total. The van der Waals surface area contributed by atoms with Gasteiger partial charge in [-0.05, 0) is 20.3 Å². The summed E-state index contributed by atoms with van der Waals surface area (Å²) in [5.41, 5.74) is 0.0956. The van der Waals surface area contributed by atoms with Gasteiger partial charge < -0.3 is 15.4 Å². The number of nitrogens with one attached hydrogen (secondary N) is 2. The topological polar surface area (TPSA) is 74.2 Å². The zero-order chi connectivity index (χ0) is 12.2.